The number of halogens is 2. The first kappa shape index (κ1) is 12.4. The van der Waals surface area contributed by atoms with Gasteiger partial charge in [-0.2, -0.15) is 0 Å². The SMILES string of the molecule is CC1=CC2=CSCC2=C1.C[Si](C)(Cl)Cl. The van der Waals surface area contributed by atoms with Crippen molar-refractivity contribution in [2.75, 3.05) is 5.75 Å². The van der Waals surface area contributed by atoms with Gasteiger partial charge in [0.15, 0.2) is 0 Å². The molecule has 0 saturated carbocycles. The first-order valence-corrected chi connectivity index (χ1v) is 10.5. The van der Waals surface area contributed by atoms with E-state index in [1.807, 2.05) is 24.9 Å². The van der Waals surface area contributed by atoms with Crippen LogP contribution >= 0.6 is 33.9 Å². The lowest BCUT2D eigenvalue weighted by molar-refractivity contribution is 1.52. The molecule has 78 valence electrons. The zero-order chi connectivity index (χ0) is 10.8. The normalized spacial score (nSPS) is 19.1. The Morgan fingerprint density at radius 2 is 1.86 bits per heavy atom. The molecule has 0 radical (unpaired) electrons. The minimum absolute atomic E-state index is 1.18. The van der Waals surface area contributed by atoms with Gasteiger partial charge in [0.05, 0.1) is 0 Å². The number of thioether (sulfide) groups is 1. The molecule has 0 aromatic heterocycles. The second-order valence-electron chi connectivity index (χ2n) is 3.77. The van der Waals surface area contributed by atoms with E-state index in [1.165, 1.54) is 22.5 Å². The van der Waals surface area contributed by atoms with Gasteiger partial charge in [-0.25, -0.2) is 0 Å². The van der Waals surface area contributed by atoms with Gasteiger partial charge >= 0.3 is 0 Å². The van der Waals surface area contributed by atoms with Gasteiger partial charge in [-0.1, -0.05) is 17.7 Å². The van der Waals surface area contributed by atoms with Crippen molar-refractivity contribution >= 4 is 40.6 Å². The van der Waals surface area contributed by atoms with E-state index < -0.39 is 6.69 Å². The maximum Gasteiger partial charge on any atom is 0.245 e. The summed E-state index contributed by atoms with van der Waals surface area (Å²) < 4.78 is 0. The highest BCUT2D eigenvalue weighted by atomic mass is 35.7. The van der Waals surface area contributed by atoms with Crippen molar-refractivity contribution in [2.24, 2.45) is 0 Å². The molecule has 0 atom stereocenters. The van der Waals surface area contributed by atoms with Crippen molar-refractivity contribution in [2.45, 2.75) is 20.0 Å². The number of hydrogen-bond acceptors (Lipinski definition) is 1. The molecule has 0 bridgehead atoms. The summed E-state index contributed by atoms with van der Waals surface area (Å²) in [7, 11) is 0. The molecular formula is C10H14Cl2SSi. The van der Waals surface area contributed by atoms with Crippen LogP contribution in [0.2, 0.25) is 13.1 Å². The van der Waals surface area contributed by atoms with Crippen molar-refractivity contribution in [1.82, 2.24) is 0 Å². The number of fused-ring (bicyclic) bond motifs is 1. The topological polar surface area (TPSA) is 0 Å². The maximum absolute atomic E-state index is 5.43. The van der Waals surface area contributed by atoms with Crippen LogP contribution < -0.4 is 0 Å². The van der Waals surface area contributed by atoms with Crippen LogP contribution in [0, 0.1) is 0 Å². The molecule has 1 heterocycles. The Morgan fingerprint density at radius 1 is 1.29 bits per heavy atom. The van der Waals surface area contributed by atoms with Gasteiger partial charge in [-0.05, 0) is 36.6 Å². The van der Waals surface area contributed by atoms with Crippen molar-refractivity contribution in [3.05, 3.63) is 34.3 Å². The molecule has 14 heavy (non-hydrogen) atoms. The lowest BCUT2D eigenvalue weighted by Crippen LogP contribution is -2.02. The van der Waals surface area contributed by atoms with Gasteiger partial charge in [-0.3, -0.25) is 0 Å². The zero-order valence-corrected chi connectivity index (χ0v) is 11.9. The van der Waals surface area contributed by atoms with E-state index in [4.69, 9.17) is 22.2 Å². The van der Waals surface area contributed by atoms with Crippen molar-refractivity contribution in [3.8, 4) is 0 Å². The summed E-state index contributed by atoms with van der Waals surface area (Å²) in [6.07, 6.45) is 4.52. The summed E-state index contributed by atoms with van der Waals surface area (Å²) in [5.41, 5.74) is 4.35. The fourth-order valence-corrected chi connectivity index (χ4v) is 2.11. The van der Waals surface area contributed by atoms with Crippen molar-refractivity contribution in [1.29, 1.82) is 0 Å². The molecule has 4 heteroatoms. The molecule has 2 aliphatic rings. The summed E-state index contributed by atoms with van der Waals surface area (Å²) >= 11 is 12.8. The molecule has 0 spiro atoms. The lowest BCUT2D eigenvalue weighted by Gasteiger charge is -1.93. The monoisotopic (exact) mass is 264 g/mol. The first-order chi connectivity index (χ1) is 6.36. The van der Waals surface area contributed by atoms with Gasteiger partial charge in [0, 0.05) is 5.75 Å². The van der Waals surface area contributed by atoms with Crippen LogP contribution in [0.5, 0.6) is 0 Å². The summed E-state index contributed by atoms with van der Waals surface area (Å²) in [4.78, 5) is 0. The number of hydrogen-bond donors (Lipinski definition) is 0. The minimum atomic E-state index is -1.67. The predicted molar refractivity (Wildman–Crippen MR) is 71.6 cm³/mol. The second kappa shape index (κ2) is 4.93. The molecule has 1 aliphatic heterocycles. The Morgan fingerprint density at radius 3 is 2.36 bits per heavy atom. The van der Waals surface area contributed by atoms with Crippen LogP contribution in [0.25, 0.3) is 0 Å². The summed E-state index contributed by atoms with van der Waals surface area (Å²) in [5.74, 6) is 1.18. The molecular weight excluding hydrogens is 251 g/mol. The first-order valence-electron chi connectivity index (χ1n) is 4.45. The van der Waals surface area contributed by atoms with Crippen LogP contribution in [0.4, 0.5) is 0 Å². The average Bonchev–Trinajstić information content (AvgIpc) is 2.40. The Kier molecular flexibility index (Phi) is 4.38. The summed E-state index contributed by atoms with van der Waals surface area (Å²) in [6.45, 7) is 4.20. The number of allylic oxidation sites excluding steroid dienone is 4. The van der Waals surface area contributed by atoms with Crippen molar-refractivity contribution < 1.29 is 0 Å². The quantitative estimate of drug-likeness (QED) is 0.453. The van der Waals surface area contributed by atoms with Crippen molar-refractivity contribution in [3.63, 3.8) is 0 Å². The summed E-state index contributed by atoms with van der Waals surface area (Å²) in [5, 5.41) is 2.24. The highest BCUT2D eigenvalue weighted by molar-refractivity contribution is 8.02. The van der Waals surface area contributed by atoms with Gasteiger partial charge in [0.2, 0.25) is 6.69 Å². The Labute approximate surface area is 100 Å². The number of rotatable bonds is 0. The third-order valence-corrected chi connectivity index (χ3v) is 2.50. The Hall–Kier alpha value is 0.367. The minimum Gasteiger partial charge on any atom is -0.146 e. The maximum atomic E-state index is 5.43. The van der Waals surface area contributed by atoms with Crippen LogP contribution in [0.3, 0.4) is 0 Å². The highest BCUT2D eigenvalue weighted by Gasteiger charge is 2.13. The zero-order valence-electron chi connectivity index (χ0n) is 8.60. The molecule has 0 nitrogen and oxygen atoms in total. The van der Waals surface area contributed by atoms with Crippen LogP contribution in [-0.4, -0.2) is 12.4 Å². The molecule has 2 rings (SSSR count). The van der Waals surface area contributed by atoms with E-state index in [0.717, 1.165) is 0 Å². The second-order valence-corrected chi connectivity index (χ2v) is 13.5. The van der Waals surface area contributed by atoms with Gasteiger partial charge in [0.1, 0.15) is 0 Å². The highest BCUT2D eigenvalue weighted by Crippen LogP contribution is 2.34. The Balaban J connectivity index is 0.000000171. The summed E-state index contributed by atoms with van der Waals surface area (Å²) in [6, 6.07) is 0. The molecule has 0 fully saturated rings. The Bertz CT molecular complexity index is 305. The van der Waals surface area contributed by atoms with Gasteiger partial charge in [0.25, 0.3) is 0 Å². The molecule has 0 unspecified atom stereocenters. The third kappa shape index (κ3) is 4.74. The van der Waals surface area contributed by atoms with Crippen LogP contribution in [0.15, 0.2) is 34.3 Å². The van der Waals surface area contributed by atoms with E-state index in [9.17, 15) is 0 Å². The molecule has 1 aliphatic carbocycles. The van der Waals surface area contributed by atoms with E-state index in [0.29, 0.717) is 0 Å². The standard InChI is InChI=1S/C8H8S.C2H6Cl2Si/c1-6-2-7-4-9-5-8(7)3-6;1-5(2,3)4/h2-4H,5H2,1H3;1-2H3. The fraction of sp³-hybridized carbons (Fsp3) is 0.400. The lowest BCUT2D eigenvalue weighted by atomic mass is 10.2. The molecule has 0 amide bonds. The fourth-order valence-electron chi connectivity index (χ4n) is 1.19. The predicted octanol–water partition coefficient (Wildman–Crippen LogP) is 4.67. The van der Waals surface area contributed by atoms with Gasteiger partial charge < -0.3 is 0 Å². The van der Waals surface area contributed by atoms with Crippen LogP contribution in [-0.2, 0) is 0 Å². The van der Waals surface area contributed by atoms with Gasteiger partial charge in [-0.15, -0.1) is 33.9 Å². The molecule has 0 aromatic carbocycles. The third-order valence-electron chi connectivity index (χ3n) is 1.61. The van der Waals surface area contributed by atoms with E-state index >= 15 is 0 Å². The van der Waals surface area contributed by atoms with Crippen LogP contribution in [0.1, 0.15) is 6.92 Å². The average molecular weight is 265 g/mol. The smallest absolute Gasteiger partial charge is 0.146 e. The van der Waals surface area contributed by atoms with E-state index in [1.54, 1.807) is 0 Å². The molecule has 0 aromatic rings. The molecule has 0 saturated heterocycles. The molecule has 0 N–H and O–H groups in total. The van der Waals surface area contributed by atoms with E-state index in [-0.39, 0.29) is 0 Å². The largest absolute Gasteiger partial charge is 0.245 e. The van der Waals surface area contributed by atoms with E-state index in [2.05, 4.69) is 24.5 Å².